The number of hydrogen-bond acceptors (Lipinski definition) is 22. The zero-order chi connectivity index (χ0) is 99.9. The van der Waals surface area contributed by atoms with Crippen LogP contribution in [0.1, 0.15) is 150 Å². The Balaban J connectivity index is 0.000000215. The van der Waals surface area contributed by atoms with Gasteiger partial charge in [-0.1, -0.05) is 407 Å². The topological polar surface area (TPSA) is 228 Å². The number of aliphatic hydroxyl groups excluding tert-OH is 2. The first-order valence-corrected chi connectivity index (χ1v) is 50.8. The number of hydrogen-bond donors (Lipinski definition) is 2. The summed E-state index contributed by atoms with van der Waals surface area (Å²) < 4.78 is 133. The van der Waals surface area contributed by atoms with Crippen molar-refractivity contribution in [2.45, 2.75) is 296 Å². The molecule has 5 saturated heterocycles. The van der Waals surface area contributed by atoms with Gasteiger partial charge in [0.05, 0.1) is 141 Å². The van der Waals surface area contributed by atoms with E-state index in [1.165, 1.54) is 5.56 Å². The van der Waals surface area contributed by atoms with Gasteiger partial charge in [0.1, 0.15) is 73.2 Å². The minimum absolute atomic E-state index is 0. The predicted octanol–water partition coefficient (Wildman–Crippen LogP) is 22.9. The standard InChI is InChI=1S/C61H72O11.C49H56O9.C12H16O2.2CH4/c1-5-51-55(68-43-53(62)61(3,4)69-41-50-34-22-11-23-35-50)57(66-39-48-30-18-9-19-31-48)58(67-40-49-32-20-10-21-33-49)60(70-51)72-59-44(2)54(64-37-46-26-14-7-15-27-46)56(65-38-47-28-16-8-17-29-47)52(71-59)42-63-36-45-24-12-6-13-25-45;1-3-41-43(50)46(54-32-39-25-15-7-16-26-39)47(55-33-40-27-17-8-18-28-40)49(56-41)58-48-35(2)44(52-30-37-21-11-5-12-22-37)45(53-31-38-23-13-6-14-24-38)42(57-48)34-51-29-36-19-9-4-10-20-36;1-12(2,11-9-13-11)14-8-10-6-4-3-5-7-10;;/h6-35,44,51-60,62H,5,36-43H2,1-4H3;4-28,35,41-50H,3,29-34H2,1-2H3;3-7,11H,8-9H2,1-2H3;2*1H4/t44?,51?,52?,53-,54?,55+,56+,57-,58?,59+,60+;35?,41?,42?,43-,44?,45-,46+,47?,48-,49-;11-;;/m010../s1. The van der Waals surface area contributed by atoms with E-state index in [2.05, 4.69) is 76.2 Å². The molecule has 5 aliphatic heterocycles. The molecule has 17 rings (SSSR count). The Hall–Kier alpha value is -10.2. The second kappa shape index (κ2) is 59.2. The normalized spacial score (nSPS) is 25.2. The molecule has 12 aromatic carbocycles. The Bertz CT molecular complexity index is 5470. The number of epoxide rings is 1. The van der Waals surface area contributed by atoms with Crippen molar-refractivity contribution in [3.05, 3.63) is 431 Å². The van der Waals surface area contributed by atoms with E-state index in [0.29, 0.717) is 65.7 Å². The molecule has 22 atom stereocenters. The van der Waals surface area contributed by atoms with Crippen LogP contribution in [-0.4, -0.2) is 171 Å². The molecule has 0 radical (unpaired) electrons. The van der Waals surface area contributed by atoms with Gasteiger partial charge in [0, 0.05) is 11.8 Å². The molecule has 12 aromatic rings. The highest BCUT2D eigenvalue weighted by Gasteiger charge is 2.55. The smallest absolute Gasteiger partial charge is 0.189 e. The second-order valence-corrected chi connectivity index (χ2v) is 38.5. The Labute approximate surface area is 865 Å². The fraction of sp³-hybridized carbons (Fsp3) is 0.419. The summed E-state index contributed by atoms with van der Waals surface area (Å²) in [5.41, 5.74) is 11.3. The van der Waals surface area contributed by atoms with E-state index in [9.17, 15) is 10.2 Å². The molecule has 0 aromatic heterocycles. The van der Waals surface area contributed by atoms with Gasteiger partial charge in [-0.2, -0.15) is 0 Å². The summed E-state index contributed by atoms with van der Waals surface area (Å²) in [7, 11) is 0. The first-order chi connectivity index (χ1) is 70.5. The largest absolute Gasteiger partial charge is 0.388 e. The van der Waals surface area contributed by atoms with Crippen LogP contribution >= 0.6 is 0 Å². The van der Waals surface area contributed by atoms with Crippen LogP contribution in [0.15, 0.2) is 364 Å². The first kappa shape index (κ1) is 113. The molecule has 0 aliphatic carbocycles. The first-order valence-electron chi connectivity index (χ1n) is 50.8. The van der Waals surface area contributed by atoms with Crippen molar-refractivity contribution >= 4 is 0 Å². The van der Waals surface area contributed by atoms with E-state index in [1.54, 1.807) is 0 Å². The van der Waals surface area contributed by atoms with Crippen LogP contribution in [-0.2, 0) is 174 Å². The Kier molecular flexibility index (Phi) is 45.8. The Morgan fingerprint density at radius 3 is 0.801 bits per heavy atom. The number of aliphatic hydroxyl groups is 2. The van der Waals surface area contributed by atoms with Crippen molar-refractivity contribution in [2.75, 3.05) is 26.4 Å². The van der Waals surface area contributed by atoms with E-state index in [1.807, 2.05) is 343 Å². The lowest BCUT2D eigenvalue weighted by molar-refractivity contribution is -0.383. The Morgan fingerprint density at radius 2 is 0.507 bits per heavy atom. The number of benzene rings is 12. The van der Waals surface area contributed by atoms with Gasteiger partial charge in [0.25, 0.3) is 0 Å². The van der Waals surface area contributed by atoms with Crippen LogP contribution in [0.25, 0.3) is 0 Å². The highest BCUT2D eigenvalue weighted by molar-refractivity contribution is 5.24. The lowest BCUT2D eigenvalue weighted by atomic mass is 9.91. The summed E-state index contributed by atoms with van der Waals surface area (Å²) in [6.07, 6.45) is -12.3. The minimum Gasteiger partial charge on any atom is -0.388 e. The quantitative estimate of drug-likeness (QED) is 0.0338. The molecule has 10 unspecified atom stereocenters. The second-order valence-electron chi connectivity index (χ2n) is 38.5. The van der Waals surface area contributed by atoms with Crippen LogP contribution in [0.5, 0.6) is 0 Å². The Morgan fingerprint density at radius 1 is 0.274 bits per heavy atom. The lowest BCUT2D eigenvalue weighted by Gasteiger charge is -2.49. The molecule has 0 bridgehead atoms. The van der Waals surface area contributed by atoms with Crippen molar-refractivity contribution < 1.29 is 105 Å². The fourth-order valence-electron chi connectivity index (χ4n) is 18.0. The number of ether oxygens (including phenoxy) is 20. The molecule has 0 saturated carbocycles. The highest BCUT2D eigenvalue weighted by atomic mass is 16.8. The molecule has 5 aliphatic rings. The van der Waals surface area contributed by atoms with Crippen LogP contribution in [0, 0.1) is 11.8 Å². The molecule has 5 fully saturated rings. The molecule has 5 heterocycles. The van der Waals surface area contributed by atoms with Gasteiger partial charge in [0.15, 0.2) is 25.2 Å². The van der Waals surface area contributed by atoms with Crippen LogP contribution in [0.3, 0.4) is 0 Å². The molecule has 780 valence electrons. The molecular weight excluding hydrogens is 1840 g/mol. The van der Waals surface area contributed by atoms with Gasteiger partial charge in [-0.15, -0.1) is 0 Å². The minimum atomic E-state index is -0.996. The van der Waals surface area contributed by atoms with E-state index in [0.717, 1.165) is 67.8 Å². The van der Waals surface area contributed by atoms with Gasteiger partial charge >= 0.3 is 0 Å². The van der Waals surface area contributed by atoms with Gasteiger partial charge in [-0.25, -0.2) is 0 Å². The van der Waals surface area contributed by atoms with E-state index in [-0.39, 0.29) is 84.6 Å². The lowest BCUT2D eigenvalue weighted by Crippen LogP contribution is -2.63. The molecule has 0 spiro atoms. The third kappa shape index (κ3) is 34.4. The summed E-state index contributed by atoms with van der Waals surface area (Å²) in [6, 6.07) is 121. The third-order valence-corrected chi connectivity index (χ3v) is 26.8. The fourth-order valence-corrected chi connectivity index (χ4v) is 18.0. The molecular formula is C124H152O22. The average Bonchev–Trinajstić information content (AvgIpc) is 1.37. The van der Waals surface area contributed by atoms with E-state index >= 15 is 0 Å². The summed E-state index contributed by atoms with van der Waals surface area (Å²) in [5, 5.41) is 23.5. The van der Waals surface area contributed by atoms with Crippen molar-refractivity contribution in [3.8, 4) is 0 Å². The van der Waals surface area contributed by atoms with E-state index in [4.69, 9.17) is 94.7 Å². The predicted molar refractivity (Wildman–Crippen MR) is 564 cm³/mol. The van der Waals surface area contributed by atoms with Crippen molar-refractivity contribution in [1.29, 1.82) is 0 Å². The van der Waals surface area contributed by atoms with Gasteiger partial charge < -0.3 is 105 Å². The van der Waals surface area contributed by atoms with Crippen molar-refractivity contribution in [3.63, 3.8) is 0 Å². The molecule has 22 nitrogen and oxygen atoms in total. The van der Waals surface area contributed by atoms with Crippen LogP contribution in [0.4, 0.5) is 0 Å². The van der Waals surface area contributed by atoms with Gasteiger partial charge in [0.2, 0.25) is 0 Å². The highest BCUT2D eigenvalue weighted by Crippen LogP contribution is 2.42. The molecule has 2 N–H and O–H groups in total. The third-order valence-electron chi connectivity index (χ3n) is 26.8. The van der Waals surface area contributed by atoms with Crippen LogP contribution < -0.4 is 0 Å². The average molecular weight is 1990 g/mol. The zero-order valence-corrected chi connectivity index (χ0v) is 84.1. The van der Waals surface area contributed by atoms with Gasteiger partial charge in [-0.05, 0) is 107 Å². The van der Waals surface area contributed by atoms with Crippen molar-refractivity contribution in [2.24, 2.45) is 11.8 Å². The summed E-state index contributed by atoms with van der Waals surface area (Å²) >= 11 is 0. The van der Waals surface area contributed by atoms with E-state index < -0.39 is 122 Å². The van der Waals surface area contributed by atoms with Crippen molar-refractivity contribution in [1.82, 2.24) is 0 Å². The summed E-state index contributed by atoms with van der Waals surface area (Å²) in [6.45, 7) is 21.5. The molecule has 22 heteroatoms. The molecule has 0 amide bonds. The SMILES string of the molecule is C.C.CC(C)(OCc1ccccc1)[C@@H]1CO1.CCC1O[C@H](O[C@H]2OC(COCc3ccccc3)[C@@H](OCc3ccccc3)C(OCc3ccccc3)C2C)C(OCc2ccccc2)[C@@H](OCc2ccccc2)[C@@H]1O.CCC1O[C@H](O[C@H]2OC(COCc3ccccc3)[C@@H](OCc3ccccc3)C(OCc3ccccc3)C2C)C(OCc2ccccc2)[C@@H](OCc2ccccc2)[C@@H]1OC[C@H](O)C(C)(C)OCc1ccccc1. The monoisotopic (exact) mass is 1990 g/mol. The summed E-state index contributed by atoms with van der Waals surface area (Å²) in [5.74, 6) is -0.701. The molecule has 146 heavy (non-hydrogen) atoms. The maximum atomic E-state index is 11.7. The van der Waals surface area contributed by atoms with Crippen LogP contribution in [0.2, 0.25) is 0 Å². The number of rotatable bonds is 49. The maximum absolute atomic E-state index is 11.7. The summed E-state index contributed by atoms with van der Waals surface area (Å²) in [4.78, 5) is 0. The van der Waals surface area contributed by atoms with Gasteiger partial charge in [-0.3, -0.25) is 0 Å². The zero-order valence-electron chi connectivity index (χ0n) is 84.1. The maximum Gasteiger partial charge on any atom is 0.189 e.